The molecule has 1 N–H and O–H groups in total. The first-order valence-corrected chi connectivity index (χ1v) is 7.56. The third-order valence-corrected chi connectivity index (χ3v) is 4.57. The van der Waals surface area contributed by atoms with E-state index in [9.17, 15) is 0 Å². The Kier molecular flexibility index (Phi) is 4.99. The molecule has 1 aromatic rings. The van der Waals surface area contributed by atoms with Crippen LogP contribution < -0.4 is 5.32 Å². The summed E-state index contributed by atoms with van der Waals surface area (Å²) in [5.41, 5.74) is 2.73. The summed E-state index contributed by atoms with van der Waals surface area (Å²) in [5, 5.41) is 7.84. The summed E-state index contributed by atoms with van der Waals surface area (Å²) in [7, 11) is 4.10. The van der Waals surface area contributed by atoms with E-state index in [1.807, 2.05) is 11.7 Å². The van der Waals surface area contributed by atoms with Crippen LogP contribution in [0.25, 0.3) is 0 Å². The van der Waals surface area contributed by atoms with Crippen molar-refractivity contribution in [2.75, 3.05) is 26.7 Å². The standard InChI is InChI=1S/C15H28N4/c1-5-19-9-7-6-8-13(10-16-3)15(19)14-11-17-18(4)12(14)2/h11,13,15-16H,5-10H2,1-4H3. The molecule has 2 atom stereocenters. The van der Waals surface area contributed by atoms with Gasteiger partial charge in [-0.3, -0.25) is 9.58 Å². The molecule has 0 bridgehead atoms. The van der Waals surface area contributed by atoms with Crippen LogP contribution in [0.1, 0.15) is 43.5 Å². The molecular weight excluding hydrogens is 236 g/mol. The largest absolute Gasteiger partial charge is 0.319 e. The molecule has 1 aromatic heterocycles. The van der Waals surface area contributed by atoms with Gasteiger partial charge >= 0.3 is 0 Å². The van der Waals surface area contributed by atoms with Gasteiger partial charge in [0.25, 0.3) is 0 Å². The fourth-order valence-corrected chi connectivity index (χ4v) is 3.40. The van der Waals surface area contributed by atoms with E-state index in [1.54, 1.807) is 0 Å². The molecule has 2 rings (SSSR count). The van der Waals surface area contributed by atoms with Gasteiger partial charge in [-0.05, 0) is 52.4 Å². The van der Waals surface area contributed by atoms with Gasteiger partial charge < -0.3 is 5.32 Å². The fraction of sp³-hybridized carbons (Fsp3) is 0.800. The highest BCUT2D eigenvalue weighted by Crippen LogP contribution is 2.35. The zero-order chi connectivity index (χ0) is 13.8. The second-order valence-electron chi connectivity index (χ2n) is 5.70. The smallest absolute Gasteiger partial charge is 0.0540 e. The number of nitrogens with zero attached hydrogens (tertiary/aromatic N) is 3. The normalized spacial score (nSPS) is 25.5. The van der Waals surface area contributed by atoms with Crippen molar-refractivity contribution in [1.82, 2.24) is 20.0 Å². The van der Waals surface area contributed by atoms with Crippen LogP contribution in [0.5, 0.6) is 0 Å². The Bertz CT molecular complexity index is 399. The lowest BCUT2D eigenvalue weighted by Gasteiger charge is -2.34. The summed E-state index contributed by atoms with van der Waals surface area (Å²) in [6, 6.07) is 0.522. The van der Waals surface area contributed by atoms with Gasteiger partial charge in [0.05, 0.1) is 6.20 Å². The number of nitrogens with one attached hydrogen (secondary N) is 1. The quantitative estimate of drug-likeness (QED) is 0.904. The van der Waals surface area contributed by atoms with E-state index in [-0.39, 0.29) is 0 Å². The molecule has 19 heavy (non-hydrogen) atoms. The van der Waals surface area contributed by atoms with Crippen LogP contribution in [-0.2, 0) is 7.05 Å². The first kappa shape index (κ1) is 14.5. The SMILES string of the molecule is CCN1CCCCC(CNC)C1c1cnn(C)c1C. The van der Waals surface area contributed by atoms with E-state index in [2.05, 4.69) is 42.4 Å². The summed E-state index contributed by atoms with van der Waals surface area (Å²) < 4.78 is 2.00. The minimum absolute atomic E-state index is 0.522. The predicted molar refractivity (Wildman–Crippen MR) is 79.2 cm³/mol. The molecule has 0 radical (unpaired) electrons. The molecule has 2 heterocycles. The Labute approximate surface area is 117 Å². The molecule has 0 aromatic carbocycles. The molecule has 0 aliphatic carbocycles. The monoisotopic (exact) mass is 264 g/mol. The summed E-state index contributed by atoms with van der Waals surface area (Å²) >= 11 is 0. The van der Waals surface area contributed by atoms with Gasteiger partial charge in [-0.25, -0.2) is 0 Å². The van der Waals surface area contributed by atoms with Gasteiger partial charge in [0.15, 0.2) is 0 Å². The second kappa shape index (κ2) is 6.53. The first-order chi connectivity index (χ1) is 9.19. The zero-order valence-electron chi connectivity index (χ0n) is 12.8. The van der Waals surface area contributed by atoms with Gasteiger partial charge in [-0.2, -0.15) is 5.10 Å². The molecule has 0 spiro atoms. The number of hydrogen-bond acceptors (Lipinski definition) is 3. The van der Waals surface area contributed by atoms with Crippen LogP contribution in [0.2, 0.25) is 0 Å². The van der Waals surface area contributed by atoms with Gasteiger partial charge in [0.1, 0.15) is 0 Å². The molecule has 1 aliphatic rings. The molecule has 4 heteroatoms. The Balaban J connectivity index is 2.34. The molecule has 108 valence electrons. The van der Waals surface area contributed by atoms with Crippen molar-refractivity contribution in [2.24, 2.45) is 13.0 Å². The van der Waals surface area contributed by atoms with Gasteiger partial charge in [-0.15, -0.1) is 0 Å². The fourth-order valence-electron chi connectivity index (χ4n) is 3.40. The topological polar surface area (TPSA) is 33.1 Å². The second-order valence-corrected chi connectivity index (χ2v) is 5.70. The van der Waals surface area contributed by atoms with Gasteiger partial charge in [0.2, 0.25) is 0 Å². The summed E-state index contributed by atoms with van der Waals surface area (Å²) in [6.45, 7) is 7.91. The number of aryl methyl sites for hydroxylation is 1. The minimum Gasteiger partial charge on any atom is -0.319 e. The van der Waals surface area contributed by atoms with Crippen molar-refractivity contribution in [3.8, 4) is 0 Å². The van der Waals surface area contributed by atoms with E-state index in [0.29, 0.717) is 12.0 Å². The van der Waals surface area contributed by atoms with Crippen molar-refractivity contribution in [3.05, 3.63) is 17.5 Å². The Morgan fingerprint density at radius 3 is 2.79 bits per heavy atom. The van der Waals surface area contributed by atoms with E-state index in [4.69, 9.17) is 0 Å². The first-order valence-electron chi connectivity index (χ1n) is 7.56. The van der Waals surface area contributed by atoms with E-state index in [1.165, 1.54) is 37.1 Å². The number of likely N-dealkylation sites (tertiary alicyclic amines) is 1. The summed E-state index contributed by atoms with van der Waals surface area (Å²) in [4.78, 5) is 2.64. The number of rotatable bonds is 4. The highest BCUT2D eigenvalue weighted by molar-refractivity contribution is 5.22. The van der Waals surface area contributed by atoms with Crippen molar-refractivity contribution in [3.63, 3.8) is 0 Å². The van der Waals surface area contributed by atoms with Gasteiger partial charge in [-0.1, -0.05) is 13.3 Å². The molecule has 1 saturated heterocycles. The lowest BCUT2D eigenvalue weighted by atomic mass is 9.89. The van der Waals surface area contributed by atoms with Crippen molar-refractivity contribution in [2.45, 2.75) is 39.2 Å². The third kappa shape index (κ3) is 3.00. The Morgan fingerprint density at radius 2 is 2.21 bits per heavy atom. The number of hydrogen-bond donors (Lipinski definition) is 1. The molecule has 0 saturated carbocycles. The van der Waals surface area contributed by atoms with E-state index < -0.39 is 0 Å². The van der Waals surface area contributed by atoms with Crippen LogP contribution in [0, 0.1) is 12.8 Å². The summed E-state index contributed by atoms with van der Waals surface area (Å²) in [6.07, 6.45) is 6.06. The van der Waals surface area contributed by atoms with Crippen LogP contribution in [-0.4, -0.2) is 41.4 Å². The molecule has 1 fully saturated rings. The van der Waals surface area contributed by atoms with Crippen molar-refractivity contribution >= 4 is 0 Å². The van der Waals surface area contributed by atoms with E-state index >= 15 is 0 Å². The zero-order valence-corrected chi connectivity index (χ0v) is 12.8. The minimum atomic E-state index is 0.522. The molecule has 2 unspecified atom stereocenters. The Hall–Kier alpha value is -0.870. The number of aromatic nitrogens is 2. The third-order valence-electron chi connectivity index (χ3n) is 4.57. The predicted octanol–water partition coefficient (Wildman–Crippen LogP) is 2.11. The maximum atomic E-state index is 4.45. The Morgan fingerprint density at radius 1 is 1.42 bits per heavy atom. The maximum absolute atomic E-state index is 4.45. The molecule has 0 amide bonds. The molecule has 4 nitrogen and oxygen atoms in total. The van der Waals surface area contributed by atoms with E-state index in [0.717, 1.165) is 13.1 Å². The average Bonchev–Trinajstić information content (AvgIpc) is 2.64. The molecular formula is C15H28N4. The van der Waals surface area contributed by atoms with Crippen LogP contribution in [0.4, 0.5) is 0 Å². The lowest BCUT2D eigenvalue weighted by Crippen LogP contribution is -2.36. The highest BCUT2D eigenvalue weighted by atomic mass is 15.3. The van der Waals surface area contributed by atoms with Crippen LogP contribution in [0.15, 0.2) is 6.20 Å². The van der Waals surface area contributed by atoms with Crippen molar-refractivity contribution < 1.29 is 0 Å². The highest BCUT2D eigenvalue weighted by Gasteiger charge is 2.31. The van der Waals surface area contributed by atoms with Crippen molar-refractivity contribution in [1.29, 1.82) is 0 Å². The maximum Gasteiger partial charge on any atom is 0.0540 e. The van der Waals surface area contributed by atoms with Crippen LogP contribution in [0.3, 0.4) is 0 Å². The summed E-state index contributed by atoms with van der Waals surface area (Å²) in [5.74, 6) is 0.690. The molecule has 1 aliphatic heterocycles. The average molecular weight is 264 g/mol. The van der Waals surface area contributed by atoms with Gasteiger partial charge in [0, 0.05) is 24.3 Å². The van der Waals surface area contributed by atoms with Crippen LogP contribution >= 0.6 is 0 Å². The lowest BCUT2D eigenvalue weighted by molar-refractivity contribution is 0.162.